The number of H-pyrrole nitrogens is 1. The molecule has 3 aromatic rings. The van der Waals surface area contributed by atoms with Crippen LogP contribution in [0.3, 0.4) is 0 Å². The second-order valence-electron chi connectivity index (χ2n) is 14.0. The van der Waals surface area contributed by atoms with Gasteiger partial charge in [-0.25, -0.2) is 9.78 Å². The second kappa shape index (κ2) is 17.2. The second-order valence-corrected chi connectivity index (χ2v) is 14.0. The number of carbonyl (C=O) groups is 4. The molecule has 1 aliphatic carbocycles. The summed E-state index contributed by atoms with van der Waals surface area (Å²) in [5, 5.41) is 16.5. The first kappa shape index (κ1) is 37.1. The first-order chi connectivity index (χ1) is 24.0. The Morgan fingerprint density at radius 3 is 2.48 bits per heavy atom. The molecule has 5 N–H and O–H groups in total. The number of hydrogen-bond acceptors (Lipinski definition) is 9. The minimum atomic E-state index is -2.62. The predicted octanol–water partition coefficient (Wildman–Crippen LogP) is 3.45. The summed E-state index contributed by atoms with van der Waals surface area (Å²) in [7, 11) is 0. The normalized spacial score (nSPS) is 18.6. The summed E-state index contributed by atoms with van der Waals surface area (Å²) in [6, 6.07) is 12.5. The van der Waals surface area contributed by atoms with Crippen molar-refractivity contribution in [2.24, 2.45) is 23.5 Å². The van der Waals surface area contributed by atoms with Gasteiger partial charge in [-0.15, -0.1) is 0 Å². The zero-order chi connectivity index (χ0) is 35.7. The minimum absolute atomic E-state index is 0.0110. The highest BCUT2D eigenvalue weighted by atomic mass is 16.6. The zero-order valence-electron chi connectivity index (χ0n) is 29.1. The van der Waals surface area contributed by atoms with Crippen LogP contribution in [0.5, 0.6) is 0 Å². The average molecular weight is 690 g/mol. The Hall–Kier alpha value is -4.13. The van der Waals surface area contributed by atoms with Gasteiger partial charge >= 0.3 is 5.97 Å². The Morgan fingerprint density at radius 1 is 1.06 bits per heavy atom. The lowest BCUT2D eigenvalue weighted by atomic mass is 9.76. The number of rotatable bonds is 15. The number of aromatic nitrogens is 2. The Labute approximate surface area is 293 Å². The highest BCUT2D eigenvalue weighted by Crippen LogP contribution is 2.34. The molecular weight excluding hydrogens is 638 g/mol. The zero-order valence-corrected chi connectivity index (χ0v) is 29.1. The van der Waals surface area contributed by atoms with Gasteiger partial charge in [0.2, 0.25) is 17.5 Å². The van der Waals surface area contributed by atoms with Crippen LogP contribution >= 0.6 is 0 Å². The van der Waals surface area contributed by atoms with Crippen LogP contribution in [-0.2, 0) is 41.5 Å². The monoisotopic (exact) mass is 689 g/mol. The number of nitrogens with zero attached hydrogens (tertiary/aromatic N) is 2. The maximum atomic E-state index is 14.7. The fraction of sp³-hybridized carbons (Fsp3) is 0.553. The maximum absolute atomic E-state index is 14.7. The van der Waals surface area contributed by atoms with Crippen LogP contribution in [0.2, 0.25) is 0 Å². The molecule has 2 fully saturated rings. The Balaban J connectivity index is 1.46. The van der Waals surface area contributed by atoms with Crippen molar-refractivity contribution >= 4 is 34.3 Å². The van der Waals surface area contributed by atoms with E-state index in [1.165, 1.54) is 6.33 Å². The smallest absolute Gasteiger partial charge is 0.354 e. The lowest BCUT2D eigenvalue weighted by molar-refractivity contribution is -0.179. The molecule has 0 bridgehead atoms. The van der Waals surface area contributed by atoms with E-state index in [9.17, 15) is 24.3 Å². The fourth-order valence-corrected chi connectivity index (χ4v) is 7.23. The largest absolute Gasteiger partial charge is 0.460 e. The number of carbonyl (C=O) groups excluding carboxylic acids is 4. The van der Waals surface area contributed by atoms with Crippen molar-refractivity contribution in [2.75, 3.05) is 26.3 Å². The summed E-state index contributed by atoms with van der Waals surface area (Å²) in [6.45, 7) is 5.01. The van der Waals surface area contributed by atoms with Gasteiger partial charge < -0.3 is 29.8 Å². The number of benzene rings is 2. The average Bonchev–Trinajstić information content (AvgIpc) is 3.63. The van der Waals surface area contributed by atoms with Gasteiger partial charge in [0.05, 0.1) is 49.2 Å². The Bertz CT molecular complexity index is 1590. The van der Waals surface area contributed by atoms with E-state index in [0.717, 1.165) is 48.4 Å². The molecular formula is C38H51N5O7. The van der Waals surface area contributed by atoms with Crippen LogP contribution in [0.4, 0.5) is 0 Å². The summed E-state index contributed by atoms with van der Waals surface area (Å²) in [5.74, 6) is -4.45. The quantitative estimate of drug-likeness (QED) is 0.138. The molecule has 1 aliphatic heterocycles. The van der Waals surface area contributed by atoms with Crippen LogP contribution in [0, 0.1) is 17.8 Å². The van der Waals surface area contributed by atoms with Crippen molar-refractivity contribution in [3.8, 4) is 0 Å². The van der Waals surface area contributed by atoms with Crippen molar-refractivity contribution in [1.29, 1.82) is 0 Å². The number of fused-ring (bicyclic) bond motifs is 1. The molecule has 3 unspecified atom stereocenters. The highest BCUT2D eigenvalue weighted by Gasteiger charge is 2.49. The molecule has 0 spiro atoms. The molecule has 1 saturated carbocycles. The number of morpholine rings is 1. The number of imidazole rings is 1. The van der Waals surface area contributed by atoms with E-state index < -0.39 is 47.4 Å². The maximum Gasteiger partial charge on any atom is 0.354 e. The lowest BCUT2D eigenvalue weighted by Crippen LogP contribution is -2.61. The van der Waals surface area contributed by atoms with Crippen LogP contribution in [0.25, 0.3) is 10.8 Å². The van der Waals surface area contributed by atoms with Crippen molar-refractivity contribution in [1.82, 2.24) is 20.2 Å². The number of Topliss-reactive ketones (excluding diaryl/α,β-unsaturated/α-hetero) is 1. The number of aromatic amines is 1. The minimum Gasteiger partial charge on any atom is -0.460 e. The highest BCUT2D eigenvalue weighted by molar-refractivity contribution is 5.97. The predicted molar refractivity (Wildman–Crippen MR) is 187 cm³/mol. The van der Waals surface area contributed by atoms with Crippen molar-refractivity contribution in [3.05, 3.63) is 66.2 Å². The summed E-state index contributed by atoms with van der Waals surface area (Å²) < 4.78 is 10.8. The number of amides is 2. The molecule has 2 aliphatic rings. The number of ether oxygens (including phenoxy) is 2. The molecule has 1 aromatic heterocycles. The molecule has 50 heavy (non-hydrogen) atoms. The van der Waals surface area contributed by atoms with E-state index in [4.69, 9.17) is 15.2 Å². The molecule has 4 atom stereocenters. The van der Waals surface area contributed by atoms with Crippen molar-refractivity contribution in [2.45, 2.75) is 89.5 Å². The number of esters is 1. The van der Waals surface area contributed by atoms with Gasteiger partial charge in [-0.3, -0.25) is 20.1 Å². The molecule has 2 heterocycles. The first-order valence-electron chi connectivity index (χ1n) is 17.9. The molecule has 12 nitrogen and oxygen atoms in total. The van der Waals surface area contributed by atoms with Gasteiger partial charge in [0.1, 0.15) is 0 Å². The number of ketones is 1. The van der Waals surface area contributed by atoms with Crippen LogP contribution in [0.15, 0.2) is 55.0 Å². The van der Waals surface area contributed by atoms with E-state index >= 15 is 0 Å². The Morgan fingerprint density at radius 2 is 1.78 bits per heavy atom. The number of nitrogens with one attached hydrogen (secondary N) is 2. The van der Waals surface area contributed by atoms with E-state index in [2.05, 4.69) is 15.3 Å². The van der Waals surface area contributed by atoms with E-state index in [0.29, 0.717) is 32.0 Å². The summed E-state index contributed by atoms with van der Waals surface area (Å²) in [4.78, 5) is 64.7. The van der Waals surface area contributed by atoms with Gasteiger partial charge in [-0.05, 0) is 48.9 Å². The van der Waals surface area contributed by atoms with Crippen LogP contribution in [0.1, 0.15) is 70.1 Å². The molecule has 1 saturated heterocycles. The molecule has 5 rings (SSSR count). The van der Waals surface area contributed by atoms with Gasteiger partial charge in [0.25, 0.3) is 0 Å². The Kier molecular flexibility index (Phi) is 12.8. The standard InChI is InChI=1S/C38H51N5O7/c1-25(2)50-37(47)38(39,48)32(19-26-9-4-3-5-10-26)35(45)33(22-30-23-40-24-41-30)42-36(46)29(21-34(44)43-15-17-49-18-16-43)20-28-13-8-12-27-11-6-7-14-31(27)28/h6-8,11-14,23-26,29,32-33,48H,3-5,9-10,15-22,39H2,1-2H3,(H,40,41)(H,42,46)/t29?,32?,33-,38?/m0/s1. The van der Waals surface area contributed by atoms with Gasteiger partial charge in [-0.1, -0.05) is 74.6 Å². The number of hydrogen-bond donors (Lipinski definition) is 4. The van der Waals surface area contributed by atoms with E-state index in [-0.39, 0.29) is 37.5 Å². The van der Waals surface area contributed by atoms with Gasteiger partial charge in [-0.2, -0.15) is 0 Å². The molecule has 2 aromatic carbocycles. The topological polar surface area (TPSA) is 177 Å². The van der Waals surface area contributed by atoms with Crippen LogP contribution in [-0.4, -0.2) is 87.7 Å². The van der Waals surface area contributed by atoms with Gasteiger partial charge in [0, 0.05) is 32.1 Å². The van der Waals surface area contributed by atoms with Crippen LogP contribution < -0.4 is 11.1 Å². The molecule has 12 heteroatoms. The third-order valence-corrected chi connectivity index (χ3v) is 9.97. The van der Waals surface area contributed by atoms with E-state index in [1.54, 1.807) is 24.9 Å². The molecule has 270 valence electrons. The van der Waals surface area contributed by atoms with E-state index in [1.807, 2.05) is 42.5 Å². The van der Waals surface area contributed by atoms with Crippen molar-refractivity contribution in [3.63, 3.8) is 0 Å². The third-order valence-electron chi connectivity index (χ3n) is 9.97. The summed E-state index contributed by atoms with van der Waals surface area (Å²) in [5.41, 5.74) is 5.12. The van der Waals surface area contributed by atoms with Gasteiger partial charge in [0.15, 0.2) is 5.78 Å². The number of aliphatic hydroxyl groups is 1. The fourth-order valence-electron chi connectivity index (χ4n) is 7.23. The first-order valence-corrected chi connectivity index (χ1v) is 17.9. The summed E-state index contributed by atoms with van der Waals surface area (Å²) in [6.07, 6.45) is 7.57. The molecule has 2 amide bonds. The number of nitrogens with two attached hydrogens (primary N) is 1. The third kappa shape index (κ3) is 9.55. The lowest BCUT2D eigenvalue weighted by Gasteiger charge is -2.36. The molecule has 0 radical (unpaired) electrons. The van der Waals surface area contributed by atoms with Crippen molar-refractivity contribution < 1.29 is 33.8 Å². The SMILES string of the molecule is CC(C)OC(=O)C(N)(O)C(CC1CCCCC1)C(=O)[C@H](Cc1c[nH]cn1)NC(=O)C(CC(=O)N1CCOCC1)Cc1cccc2ccccc12. The summed E-state index contributed by atoms with van der Waals surface area (Å²) >= 11 is 0.